The molecule has 1 fully saturated rings. The summed E-state index contributed by atoms with van der Waals surface area (Å²) < 4.78 is 17.0. The van der Waals surface area contributed by atoms with Gasteiger partial charge in [0.15, 0.2) is 6.61 Å². The summed E-state index contributed by atoms with van der Waals surface area (Å²) in [5, 5.41) is 3.70. The van der Waals surface area contributed by atoms with Crippen molar-refractivity contribution in [3.05, 3.63) is 63.4 Å². The molecule has 2 heterocycles. The highest BCUT2D eigenvalue weighted by Crippen LogP contribution is 2.30. The van der Waals surface area contributed by atoms with Crippen LogP contribution in [0.3, 0.4) is 0 Å². The Kier molecular flexibility index (Phi) is 5.82. The normalized spacial score (nSPS) is 14.0. The average Bonchev–Trinajstić information content (AvgIpc) is 2.72. The number of amides is 1. The number of morpholine rings is 1. The summed E-state index contributed by atoms with van der Waals surface area (Å²) >= 11 is 3.45. The van der Waals surface area contributed by atoms with Crippen molar-refractivity contribution < 1.29 is 18.7 Å². The quantitative estimate of drug-likeness (QED) is 0.590. The Morgan fingerprint density at radius 1 is 1.10 bits per heavy atom. The molecule has 1 aliphatic heterocycles. The van der Waals surface area contributed by atoms with E-state index in [9.17, 15) is 9.59 Å². The summed E-state index contributed by atoms with van der Waals surface area (Å²) in [7, 11) is 0. The first-order valence-electron chi connectivity index (χ1n) is 9.17. The Hall–Kier alpha value is -2.84. The monoisotopic (exact) mass is 458 g/mol. The Morgan fingerprint density at radius 3 is 2.72 bits per heavy atom. The first-order chi connectivity index (χ1) is 14.1. The van der Waals surface area contributed by atoms with Crippen LogP contribution >= 0.6 is 15.9 Å². The first kappa shape index (κ1) is 19.5. The van der Waals surface area contributed by atoms with Crippen LogP contribution in [0.25, 0.3) is 11.0 Å². The zero-order chi connectivity index (χ0) is 20.2. The molecular formula is C21H19BrN2O5. The third-order valence-electron chi connectivity index (χ3n) is 4.55. The van der Waals surface area contributed by atoms with E-state index in [0.717, 1.165) is 28.6 Å². The van der Waals surface area contributed by atoms with Crippen LogP contribution in [0.4, 0.5) is 11.4 Å². The lowest BCUT2D eigenvalue weighted by atomic mass is 10.2. The van der Waals surface area contributed by atoms with Gasteiger partial charge in [-0.15, -0.1) is 0 Å². The summed E-state index contributed by atoms with van der Waals surface area (Å²) in [5.74, 6) is 0.164. The largest absolute Gasteiger partial charge is 0.484 e. The van der Waals surface area contributed by atoms with Crippen LogP contribution in [0, 0.1) is 0 Å². The van der Waals surface area contributed by atoms with Crippen molar-refractivity contribution in [3.63, 3.8) is 0 Å². The number of hydrogen-bond acceptors (Lipinski definition) is 6. The van der Waals surface area contributed by atoms with Crippen molar-refractivity contribution in [3.8, 4) is 5.75 Å². The lowest BCUT2D eigenvalue weighted by Gasteiger charge is -2.30. The van der Waals surface area contributed by atoms with Crippen molar-refractivity contribution in [1.29, 1.82) is 0 Å². The number of anilines is 2. The second kappa shape index (κ2) is 8.67. The van der Waals surface area contributed by atoms with Gasteiger partial charge in [-0.3, -0.25) is 4.79 Å². The number of ether oxygens (including phenoxy) is 2. The van der Waals surface area contributed by atoms with Gasteiger partial charge in [0.05, 0.1) is 24.6 Å². The van der Waals surface area contributed by atoms with Crippen molar-refractivity contribution in [2.75, 3.05) is 43.1 Å². The van der Waals surface area contributed by atoms with Crippen LogP contribution in [0.2, 0.25) is 0 Å². The van der Waals surface area contributed by atoms with Crippen LogP contribution in [-0.2, 0) is 9.53 Å². The molecule has 0 saturated carbocycles. The van der Waals surface area contributed by atoms with Crippen molar-refractivity contribution in [1.82, 2.24) is 0 Å². The van der Waals surface area contributed by atoms with Crippen LogP contribution < -0.4 is 20.6 Å². The molecule has 7 nitrogen and oxygen atoms in total. The van der Waals surface area contributed by atoms with E-state index in [1.807, 2.05) is 18.2 Å². The summed E-state index contributed by atoms with van der Waals surface area (Å²) in [4.78, 5) is 26.0. The Bertz CT molecular complexity index is 1090. The van der Waals surface area contributed by atoms with Gasteiger partial charge in [0.1, 0.15) is 11.3 Å². The SMILES string of the molecule is O=C(COc1ccc2ccc(=O)oc2c1)Nc1cc(Br)ccc1N1CCOCC1. The standard InChI is InChI=1S/C21H19BrN2O5/c22-15-3-5-18(24-7-9-27-10-8-24)17(11-15)23-20(25)13-28-16-4-1-14-2-6-21(26)29-19(14)12-16/h1-6,11-12H,7-10,13H2,(H,23,25). The molecule has 0 spiro atoms. The summed E-state index contributed by atoms with van der Waals surface area (Å²) in [5.41, 5.74) is 1.63. The van der Waals surface area contributed by atoms with Gasteiger partial charge in [-0.25, -0.2) is 4.79 Å². The molecule has 0 radical (unpaired) electrons. The van der Waals surface area contributed by atoms with Gasteiger partial charge < -0.3 is 24.1 Å². The molecule has 1 N–H and O–H groups in total. The molecule has 0 aliphatic carbocycles. The smallest absolute Gasteiger partial charge is 0.336 e. The third-order valence-corrected chi connectivity index (χ3v) is 5.04. The van der Waals surface area contributed by atoms with E-state index >= 15 is 0 Å². The number of halogens is 1. The summed E-state index contributed by atoms with van der Waals surface area (Å²) in [6, 6.07) is 13.9. The lowest BCUT2D eigenvalue weighted by Crippen LogP contribution is -2.37. The van der Waals surface area contributed by atoms with Gasteiger partial charge in [-0.2, -0.15) is 0 Å². The molecule has 0 atom stereocenters. The van der Waals surface area contributed by atoms with E-state index in [1.54, 1.807) is 24.3 Å². The minimum atomic E-state index is -0.433. The van der Waals surface area contributed by atoms with E-state index in [4.69, 9.17) is 13.9 Å². The highest BCUT2D eigenvalue weighted by Gasteiger charge is 2.17. The molecule has 1 aromatic heterocycles. The highest BCUT2D eigenvalue weighted by atomic mass is 79.9. The van der Waals surface area contributed by atoms with Gasteiger partial charge in [-0.05, 0) is 36.4 Å². The summed E-state index contributed by atoms with van der Waals surface area (Å²) in [6.45, 7) is 2.68. The molecule has 1 amide bonds. The maximum Gasteiger partial charge on any atom is 0.336 e. The van der Waals surface area contributed by atoms with E-state index in [-0.39, 0.29) is 12.5 Å². The molecule has 29 heavy (non-hydrogen) atoms. The predicted molar refractivity (Wildman–Crippen MR) is 114 cm³/mol. The number of nitrogens with one attached hydrogen (secondary N) is 1. The second-order valence-corrected chi connectivity index (χ2v) is 7.47. The number of benzene rings is 2. The average molecular weight is 459 g/mol. The molecule has 150 valence electrons. The van der Waals surface area contributed by atoms with E-state index in [0.29, 0.717) is 30.2 Å². The fraction of sp³-hybridized carbons (Fsp3) is 0.238. The van der Waals surface area contributed by atoms with E-state index < -0.39 is 5.63 Å². The van der Waals surface area contributed by atoms with E-state index in [2.05, 4.69) is 26.1 Å². The van der Waals surface area contributed by atoms with Gasteiger partial charge in [0.2, 0.25) is 0 Å². The maximum absolute atomic E-state index is 12.5. The molecule has 8 heteroatoms. The minimum absolute atomic E-state index is 0.169. The summed E-state index contributed by atoms with van der Waals surface area (Å²) in [6.07, 6.45) is 0. The second-order valence-electron chi connectivity index (χ2n) is 6.55. The highest BCUT2D eigenvalue weighted by molar-refractivity contribution is 9.10. The van der Waals surface area contributed by atoms with Crippen LogP contribution in [-0.4, -0.2) is 38.8 Å². The van der Waals surface area contributed by atoms with Crippen molar-refractivity contribution in [2.45, 2.75) is 0 Å². The minimum Gasteiger partial charge on any atom is -0.484 e. The Balaban J connectivity index is 1.44. The van der Waals surface area contributed by atoms with E-state index in [1.165, 1.54) is 6.07 Å². The Morgan fingerprint density at radius 2 is 1.90 bits per heavy atom. The van der Waals surface area contributed by atoms with Gasteiger partial charge in [0, 0.05) is 35.1 Å². The van der Waals surface area contributed by atoms with Gasteiger partial charge in [0.25, 0.3) is 5.91 Å². The first-order valence-corrected chi connectivity index (χ1v) is 9.96. The van der Waals surface area contributed by atoms with Crippen LogP contribution in [0.5, 0.6) is 5.75 Å². The van der Waals surface area contributed by atoms with Crippen molar-refractivity contribution >= 4 is 44.2 Å². The predicted octanol–water partition coefficient (Wildman–Crippen LogP) is 3.41. The molecule has 1 aliphatic rings. The number of hydrogen-bond donors (Lipinski definition) is 1. The number of carbonyl (C=O) groups excluding carboxylic acids is 1. The van der Waals surface area contributed by atoms with Crippen molar-refractivity contribution in [2.24, 2.45) is 0 Å². The van der Waals surface area contributed by atoms with Gasteiger partial charge in [-0.1, -0.05) is 15.9 Å². The number of rotatable bonds is 5. The number of fused-ring (bicyclic) bond motifs is 1. The fourth-order valence-corrected chi connectivity index (χ4v) is 3.52. The molecule has 1 saturated heterocycles. The maximum atomic E-state index is 12.5. The lowest BCUT2D eigenvalue weighted by molar-refractivity contribution is -0.118. The molecule has 2 aromatic carbocycles. The molecule has 0 unspecified atom stereocenters. The third kappa shape index (κ3) is 4.78. The number of nitrogens with zero attached hydrogens (tertiary/aromatic N) is 1. The molecule has 3 aromatic rings. The zero-order valence-corrected chi connectivity index (χ0v) is 17.1. The molecule has 0 bridgehead atoms. The topological polar surface area (TPSA) is 81.0 Å². The molecular weight excluding hydrogens is 440 g/mol. The Labute approximate surface area is 175 Å². The molecule has 4 rings (SSSR count). The van der Waals surface area contributed by atoms with Crippen LogP contribution in [0.15, 0.2) is 62.2 Å². The van der Waals surface area contributed by atoms with Crippen LogP contribution in [0.1, 0.15) is 0 Å². The fourth-order valence-electron chi connectivity index (χ4n) is 3.15. The number of carbonyl (C=O) groups is 1. The zero-order valence-electron chi connectivity index (χ0n) is 15.5. The van der Waals surface area contributed by atoms with Gasteiger partial charge >= 0.3 is 5.63 Å².